The molecule has 2 amide bonds. The molecule has 1 atom stereocenters. The second-order valence-electron chi connectivity index (χ2n) is 10.9. The van der Waals surface area contributed by atoms with Crippen molar-refractivity contribution in [2.24, 2.45) is 4.99 Å². The molecule has 5 rings (SSSR count). The highest BCUT2D eigenvalue weighted by atomic mass is 32.2. The number of ether oxygens (including phenoxy) is 1. The van der Waals surface area contributed by atoms with Crippen LogP contribution in [0.5, 0.6) is 0 Å². The SMILES string of the molecule is CCCCC1=NC2(CCCC2)C(=O)N1Cc1ccc(-c2ccccc2C(=O)NS(=O)c2ccccc2)c(COCC)c1. The van der Waals surface area contributed by atoms with Crippen molar-refractivity contribution in [2.75, 3.05) is 6.61 Å². The van der Waals surface area contributed by atoms with Crippen LogP contribution in [0.3, 0.4) is 0 Å². The van der Waals surface area contributed by atoms with Gasteiger partial charge in [0.1, 0.15) is 11.4 Å². The van der Waals surface area contributed by atoms with E-state index in [4.69, 9.17) is 9.73 Å². The number of aliphatic imine (C=N–C) groups is 1. The van der Waals surface area contributed by atoms with Gasteiger partial charge in [-0.1, -0.05) is 80.8 Å². The molecule has 0 bridgehead atoms. The molecule has 1 heterocycles. The molecule has 8 heteroatoms. The standard InChI is InChI=1S/C34H39N3O4S/c1-3-5-17-31-35-34(20-11-12-21-34)33(39)37(31)23-25-18-19-28(26(22-25)24-41-4-2)29-15-9-10-16-30(29)32(38)36-42(40)27-13-7-6-8-14-27/h6-10,13-16,18-19,22H,3-5,11-12,17,20-21,23-24H2,1-2H3,(H,36,38). The lowest BCUT2D eigenvalue weighted by Crippen LogP contribution is -2.40. The topological polar surface area (TPSA) is 88.1 Å². The lowest BCUT2D eigenvalue weighted by molar-refractivity contribution is -0.131. The van der Waals surface area contributed by atoms with Crippen LogP contribution in [0.2, 0.25) is 0 Å². The summed E-state index contributed by atoms with van der Waals surface area (Å²) in [6, 6.07) is 22.3. The van der Waals surface area contributed by atoms with Crippen molar-refractivity contribution in [2.45, 2.75) is 82.4 Å². The van der Waals surface area contributed by atoms with Gasteiger partial charge in [-0.3, -0.25) is 24.2 Å². The number of nitrogens with zero attached hydrogens (tertiary/aromatic N) is 2. The molecule has 1 spiro atoms. The third-order valence-electron chi connectivity index (χ3n) is 8.06. The average molecular weight is 586 g/mol. The lowest BCUT2D eigenvalue weighted by Gasteiger charge is -2.23. The van der Waals surface area contributed by atoms with E-state index in [1.165, 1.54) is 0 Å². The fraction of sp³-hybridized carbons (Fsp3) is 0.382. The summed E-state index contributed by atoms with van der Waals surface area (Å²) >= 11 is 0. The summed E-state index contributed by atoms with van der Waals surface area (Å²) in [6.07, 6.45) is 6.61. The van der Waals surface area contributed by atoms with Crippen molar-refractivity contribution in [1.29, 1.82) is 0 Å². The highest BCUT2D eigenvalue weighted by molar-refractivity contribution is 7.83. The molecule has 7 nitrogen and oxygen atoms in total. The summed E-state index contributed by atoms with van der Waals surface area (Å²) in [4.78, 5) is 34.5. The molecule has 0 aromatic heterocycles. The van der Waals surface area contributed by atoms with Crippen molar-refractivity contribution in [1.82, 2.24) is 9.62 Å². The van der Waals surface area contributed by atoms with E-state index in [1.807, 2.05) is 42.2 Å². The Bertz CT molecular complexity index is 1480. The minimum atomic E-state index is -1.68. The first-order valence-corrected chi connectivity index (χ1v) is 16.1. The number of amidine groups is 1. The second-order valence-corrected chi connectivity index (χ2v) is 12.2. The molecule has 220 valence electrons. The van der Waals surface area contributed by atoms with Crippen LogP contribution < -0.4 is 4.72 Å². The van der Waals surface area contributed by atoms with E-state index in [0.717, 1.165) is 73.0 Å². The number of carbonyl (C=O) groups excluding carboxylic acids is 2. The Morgan fingerprint density at radius 2 is 1.74 bits per heavy atom. The van der Waals surface area contributed by atoms with Gasteiger partial charge >= 0.3 is 0 Å². The maximum atomic E-state index is 13.7. The summed E-state index contributed by atoms with van der Waals surface area (Å²) < 4.78 is 21.3. The minimum absolute atomic E-state index is 0.134. The fourth-order valence-electron chi connectivity index (χ4n) is 5.88. The number of hydrogen-bond acceptors (Lipinski definition) is 5. The first kappa shape index (κ1) is 29.9. The molecule has 1 unspecified atom stereocenters. The monoisotopic (exact) mass is 585 g/mol. The number of carbonyl (C=O) groups is 2. The lowest BCUT2D eigenvalue weighted by atomic mass is 9.93. The van der Waals surface area contributed by atoms with Crippen molar-refractivity contribution in [3.63, 3.8) is 0 Å². The van der Waals surface area contributed by atoms with Gasteiger partial charge in [-0.05, 0) is 66.6 Å². The quantitative estimate of drug-likeness (QED) is 0.260. The minimum Gasteiger partial charge on any atom is -0.377 e. The molecular formula is C34H39N3O4S. The molecular weight excluding hydrogens is 546 g/mol. The summed E-state index contributed by atoms with van der Waals surface area (Å²) in [6.45, 7) is 5.47. The molecule has 3 aromatic carbocycles. The van der Waals surface area contributed by atoms with Gasteiger partial charge in [-0.15, -0.1) is 0 Å². The zero-order chi connectivity index (χ0) is 29.5. The fourth-order valence-corrected chi connectivity index (χ4v) is 6.68. The van der Waals surface area contributed by atoms with Crippen LogP contribution in [0.15, 0.2) is 82.7 Å². The Balaban J connectivity index is 1.43. The summed E-state index contributed by atoms with van der Waals surface area (Å²) in [5, 5.41) is 0. The van der Waals surface area contributed by atoms with Gasteiger partial charge in [-0.2, -0.15) is 0 Å². The van der Waals surface area contributed by atoms with E-state index in [-0.39, 0.29) is 5.91 Å². The molecule has 2 aliphatic rings. The van der Waals surface area contributed by atoms with Gasteiger partial charge in [0, 0.05) is 18.6 Å². The molecule has 1 N–H and O–H groups in total. The Morgan fingerprint density at radius 1 is 1.00 bits per heavy atom. The Hall–Kier alpha value is -3.62. The highest BCUT2D eigenvalue weighted by Gasteiger charge is 2.49. The Morgan fingerprint density at radius 3 is 2.48 bits per heavy atom. The average Bonchev–Trinajstić information content (AvgIpc) is 3.60. The molecule has 0 radical (unpaired) electrons. The van der Waals surface area contributed by atoms with Gasteiger partial charge in [-0.25, -0.2) is 4.21 Å². The van der Waals surface area contributed by atoms with Gasteiger partial charge in [0.25, 0.3) is 11.8 Å². The van der Waals surface area contributed by atoms with E-state index in [2.05, 4.69) is 17.7 Å². The van der Waals surface area contributed by atoms with Crippen LogP contribution in [0.25, 0.3) is 11.1 Å². The molecule has 3 aromatic rings. The van der Waals surface area contributed by atoms with Crippen molar-refractivity contribution < 1.29 is 18.5 Å². The first-order valence-electron chi connectivity index (χ1n) is 14.9. The third-order valence-corrected chi connectivity index (χ3v) is 9.13. The third kappa shape index (κ3) is 6.40. The number of rotatable bonds is 12. The summed E-state index contributed by atoms with van der Waals surface area (Å²) in [5.74, 6) is 0.628. The van der Waals surface area contributed by atoms with Crippen LogP contribution in [0.1, 0.15) is 80.3 Å². The normalized spacial score (nSPS) is 16.6. The maximum Gasteiger partial charge on any atom is 0.263 e. The second kappa shape index (κ2) is 13.6. The smallest absolute Gasteiger partial charge is 0.263 e. The van der Waals surface area contributed by atoms with Gasteiger partial charge < -0.3 is 4.74 Å². The highest BCUT2D eigenvalue weighted by Crippen LogP contribution is 2.40. The van der Waals surface area contributed by atoms with E-state index in [1.54, 1.807) is 36.4 Å². The van der Waals surface area contributed by atoms with E-state index in [0.29, 0.717) is 30.2 Å². The van der Waals surface area contributed by atoms with Crippen LogP contribution in [-0.2, 0) is 33.7 Å². The zero-order valence-electron chi connectivity index (χ0n) is 24.4. The van der Waals surface area contributed by atoms with Crippen molar-refractivity contribution in [3.8, 4) is 11.1 Å². The molecule has 42 heavy (non-hydrogen) atoms. The van der Waals surface area contributed by atoms with Crippen LogP contribution in [-0.4, -0.2) is 38.9 Å². The molecule has 0 saturated heterocycles. The molecule has 1 saturated carbocycles. The first-order chi connectivity index (χ1) is 20.5. The molecule has 1 aliphatic heterocycles. The van der Waals surface area contributed by atoms with E-state index >= 15 is 0 Å². The summed E-state index contributed by atoms with van der Waals surface area (Å²) in [7, 11) is -1.68. The Kier molecular flexibility index (Phi) is 9.65. The van der Waals surface area contributed by atoms with Crippen LogP contribution in [0.4, 0.5) is 0 Å². The van der Waals surface area contributed by atoms with Crippen molar-refractivity contribution >= 4 is 28.6 Å². The number of unbranched alkanes of at least 4 members (excludes halogenated alkanes) is 1. The zero-order valence-corrected chi connectivity index (χ0v) is 25.3. The predicted octanol–water partition coefficient (Wildman–Crippen LogP) is 6.59. The van der Waals surface area contributed by atoms with Crippen molar-refractivity contribution in [3.05, 3.63) is 89.5 Å². The maximum absolute atomic E-state index is 13.7. The largest absolute Gasteiger partial charge is 0.377 e. The van der Waals surface area contributed by atoms with E-state index in [9.17, 15) is 13.8 Å². The number of nitrogens with one attached hydrogen (secondary N) is 1. The van der Waals surface area contributed by atoms with Gasteiger partial charge in [0.15, 0.2) is 11.0 Å². The van der Waals surface area contributed by atoms with Crippen LogP contribution >= 0.6 is 0 Å². The van der Waals surface area contributed by atoms with Crippen LogP contribution in [0, 0.1) is 0 Å². The number of benzene rings is 3. The molecule has 1 aliphatic carbocycles. The predicted molar refractivity (Wildman–Crippen MR) is 166 cm³/mol. The number of amides is 2. The number of hydrogen-bond donors (Lipinski definition) is 1. The van der Waals surface area contributed by atoms with E-state index < -0.39 is 22.4 Å². The van der Waals surface area contributed by atoms with Gasteiger partial charge in [0.05, 0.1) is 18.0 Å². The Labute approximate surface area is 251 Å². The van der Waals surface area contributed by atoms with Gasteiger partial charge in [0.2, 0.25) is 0 Å². The summed E-state index contributed by atoms with van der Waals surface area (Å²) in [5.41, 5.74) is 3.38. The molecule has 1 fully saturated rings.